The zero-order chi connectivity index (χ0) is 17.7. The molecule has 0 spiro atoms. The topological polar surface area (TPSA) is 38.3 Å². The Hall–Kier alpha value is -2.00. The molecule has 1 N–H and O–H groups in total. The van der Waals surface area contributed by atoms with Crippen LogP contribution in [0, 0.1) is 13.8 Å². The molecule has 0 aliphatic heterocycles. The second kappa shape index (κ2) is 8.20. The molecule has 0 unspecified atom stereocenters. The fraction of sp³-hybridized carbons (Fsp3) is 0.350. The van der Waals surface area contributed by atoms with Crippen molar-refractivity contribution < 1.29 is 9.53 Å². The third-order valence-corrected chi connectivity index (χ3v) is 4.33. The van der Waals surface area contributed by atoms with Gasteiger partial charge in [-0.2, -0.15) is 0 Å². The monoisotopic (exact) mass is 345 g/mol. The molecule has 0 aromatic heterocycles. The third kappa shape index (κ3) is 4.51. The molecule has 0 radical (unpaired) electrons. The summed E-state index contributed by atoms with van der Waals surface area (Å²) in [7, 11) is 0. The number of carbonyl (C=O) groups is 1. The maximum absolute atomic E-state index is 12.6. The first-order valence-electron chi connectivity index (χ1n) is 8.21. The number of halogens is 1. The molecule has 2 aromatic carbocycles. The lowest BCUT2D eigenvalue weighted by atomic mass is 10.00. The van der Waals surface area contributed by atoms with E-state index in [1.54, 1.807) is 12.1 Å². The summed E-state index contributed by atoms with van der Waals surface area (Å²) < 4.78 is 5.80. The van der Waals surface area contributed by atoms with E-state index >= 15 is 0 Å². The van der Waals surface area contributed by atoms with E-state index < -0.39 is 6.10 Å². The number of rotatable bonds is 6. The van der Waals surface area contributed by atoms with Gasteiger partial charge in [-0.05, 0) is 50.5 Å². The molecule has 0 saturated carbocycles. The van der Waals surface area contributed by atoms with E-state index in [0.29, 0.717) is 17.2 Å². The van der Waals surface area contributed by atoms with Gasteiger partial charge < -0.3 is 10.1 Å². The first-order valence-corrected chi connectivity index (χ1v) is 8.59. The quantitative estimate of drug-likeness (QED) is 0.800. The van der Waals surface area contributed by atoms with E-state index in [4.69, 9.17) is 16.3 Å². The fourth-order valence-electron chi connectivity index (χ4n) is 2.71. The summed E-state index contributed by atoms with van der Waals surface area (Å²) in [6.07, 6.45) is -0.00507. The van der Waals surface area contributed by atoms with E-state index in [1.165, 1.54) is 11.1 Å². The minimum absolute atomic E-state index is 0.0815. The number of benzene rings is 2. The molecule has 4 heteroatoms. The Balaban J connectivity index is 2.07. The minimum Gasteiger partial charge on any atom is -0.479 e. The summed E-state index contributed by atoms with van der Waals surface area (Å²) in [4.78, 5) is 12.6. The molecule has 0 aliphatic carbocycles. The molecule has 2 rings (SSSR count). The van der Waals surface area contributed by atoms with E-state index in [-0.39, 0.29) is 11.9 Å². The van der Waals surface area contributed by atoms with Crippen LogP contribution in [0.5, 0.6) is 5.75 Å². The van der Waals surface area contributed by atoms with Crippen LogP contribution in [0.3, 0.4) is 0 Å². The fourth-order valence-corrected chi connectivity index (χ4v) is 2.89. The van der Waals surface area contributed by atoms with E-state index in [0.717, 1.165) is 5.56 Å². The van der Waals surface area contributed by atoms with Crippen LogP contribution in [0.15, 0.2) is 42.5 Å². The van der Waals surface area contributed by atoms with Crippen molar-refractivity contribution in [1.82, 2.24) is 5.32 Å². The number of hydrogen-bond acceptors (Lipinski definition) is 2. The van der Waals surface area contributed by atoms with Crippen LogP contribution in [0.4, 0.5) is 0 Å². The average molecular weight is 346 g/mol. The van der Waals surface area contributed by atoms with Crippen LogP contribution < -0.4 is 10.1 Å². The van der Waals surface area contributed by atoms with Crippen LogP contribution in [0.2, 0.25) is 5.02 Å². The second-order valence-electron chi connectivity index (χ2n) is 6.04. The lowest BCUT2D eigenvalue weighted by Crippen LogP contribution is -2.39. The number of ether oxygens (including phenoxy) is 1. The first-order chi connectivity index (χ1) is 11.4. The highest BCUT2D eigenvalue weighted by molar-refractivity contribution is 6.32. The molecule has 1 amide bonds. The number of hydrogen-bond donors (Lipinski definition) is 1. The van der Waals surface area contributed by atoms with Gasteiger partial charge in [-0.1, -0.05) is 54.4 Å². The van der Waals surface area contributed by atoms with Crippen LogP contribution in [-0.4, -0.2) is 12.0 Å². The highest BCUT2D eigenvalue weighted by atomic mass is 35.5. The van der Waals surface area contributed by atoms with Crippen molar-refractivity contribution in [2.75, 3.05) is 0 Å². The Morgan fingerprint density at radius 1 is 1.21 bits per heavy atom. The predicted octanol–water partition coefficient (Wildman–Crippen LogP) is 4.99. The normalized spacial score (nSPS) is 13.2. The van der Waals surface area contributed by atoms with Crippen molar-refractivity contribution in [3.63, 3.8) is 0 Å². The van der Waals surface area contributed by atoms with E-state index in [9.17, 15) is 4.79 Å². The highest BCUT2D eigenvalue weighted by Gasteiger charge is 2.22. The summed E-state index contributed by atoms with van der Waals surface area (Å²) in [5, 5.41) is 3.55. The SMILES string of the molecule is CC[C@@H](Oc1ccccc1Cl)C(=O)N[C@@H](C)c1ccc(C)cc1C. The van der Waals surface area contributed by atoms with Gasteiger partial charge in [0.15, 0.2) is 6.10 Å². The Bertz CT molecular complexity index is 715. The highest BCUT2D eigenvalue weighted by Crippen LogP contribution is 2.25. The Morgan fingerprint density at radius 3 is 2.54 bits per heavy atom. The number of para-hydroxylation sites is 1. The third-order valence-electron chi connectivity index (χ3n) is 4.02. The standard InChI is InChI=1S/C20H24ClNO2/c1-5-18(24-19-9-7-6-8-17(19)21)20(23)22-15(4)16-11-10-13(2)12-14(16)3/h6-12,15,18H,5H2,1-4H3,(H,22,23)/t15-,18+/m0/s1. The number of aryl methyl sites for hydroxylation is 2. The Labute approximate surface area is 149 Å². The van der Waals surface area contributed by atoms with Crippen LogP contribution in [-0.2, 0) is 4.79 Å². The molecular formula is C20H24ClNO2. The molecule has 0 aliphatic rings. The molecule has 0 fully saturated rings. The molecule has 128 valence electrons. The van der Waals surface area contributed by atoms with Gasteiger partial charge in [0.05, 0.1) is 11.1 Å². The summed E-state index contributed by atoms with van der Waals surface area (Å²) in [6, 6.07) is 13.3. The summed E-state index contributed by atoms with van der Waals surface area (Å²) >= 11 is 6.11. The van der Waals surface area contributed by atoms with Gasteiger partial charge in [0.1, 0.15) is 5.75 Å². The van der Waals surface area contributed by atoms with Crippen LogP contribution in [0.1, 0.15) is 43.0 Å². The molecule has 0 heterocycles. The predicted molar refractivity (Wildman–Crippen MR) is 98.6 cm³/mol. The molecule has 2 atom stereocenters. The van der Waals surface area contributed by atoms with E-state index in [1.807, 2.05) is 26.0 Å². The van der Waals surface area contributed by atoms with Crippen molar-refractivity contribution in [3.8, 4) is 5.75 Å². The largest absolute Gasteiger partial charge is 0.479 e. The number of nitrogens with one attached hydrogen (secondary N) is 1. The van der Waals surface area contributed by atoms with Gasteiger partial charge in [-0.15, -0.1) is 0 Å². The van der Waals surface area contributed by atoms with Gasteiger partial charge >= 0.3 is 0 Å². The minimum atomic E-state index is -0.571. The maximum Gasteiger partial charge on any atom is 0.261 e. The smallest absolute Gasteiger partial charge is 0.261 e. The molecule has 24 heavy (non-hydrogen) atoms. The zero-order valence-corrected chi connectivity index (χ0v) is 15.4. The maximum atomic E-state index is 12.6. The van der Waals surface area contributed by atoms with Gasteiger partial charge in [0.25, 0.3) is 5.91 Å². The van der Waals surface area contributed by atoms with Crippen molar-refractivity contribution in [2.24, 2.45) is 0 Å². The molecule has 0 bridgehead atoms. The summed E-state index contributed by atoms with van der Waals surface area (Å²) in [6.45, 7) is 8.02. The van der Waals surface area contributed by atoms with Gasteiger partial charge in [-0.3, -0.25) is 4.79 Å². The number of amides is 1. The number of carbonyl (C=O) groups excluding carboxylic acids is 1. The zero-order valence-electron chi connectivity index (χ0n) is 14.6. The first kappa shape index (κ1) is 18.3. The summed E-state index contributed by atoms with van der Waals surface area (Å²) in [5.41, 5.74) is 3.49. The molecular weight excluding hydrogens is 322 g/mol. The second-order valence-corrected chi connectivity index (χ2v) is 6.44. The molecule has 3 nitrogen and oxygen atoms in total. The van der Waals surface area contributed by atoms with E-state index in [2.05, 4.69) is 37.4 Å². The average Bonchev–Trinajstić information content (AvgIpc) is 2.53. The van der Waals surface area contributed by atoms with Gasteiger partial charge in [0.2, 0.25) is 0 Å². The summed E-state index contributed by atoms with van der Waals surface area (Å²) in [5.74, 6) is 0.394. The van der Waals surface area contributed by atoms with Crippen LogP contribution >= 0.6 is 11.6 Å². The Morgan fingerprint density at radius 2 is 1.92 bits per heavy atom. The molecule has 2 aromatic rings. The van der Waals surface area contributed by atoms with Gasteiger partial charge in [0, 0.05) is 0 Å². The lowest BCUT2D eigenvalue weighted by Gasteiger charge is -2.22. The van der Waals surface area contributed by atoms with Crippen molar-refractivity contribution in [1.29, 1.82) is 0 Å². The van der Waals surface area contributed by atoms with Crippen molar-refractivity contribution >= 4 is 17.5 Å². The van der Waals surface area contributed by atoms with Crippen LogP contribution in [0.25, 0.3) is 0 Å². The Kier molecular flexibility index (Phi) is 6.27. The van der Waals surface area contributed by atoms with Crippen molar-refractivity contribution in [2.45, 2.75) is 46.3 Å². The lowest BCUT2D eigenvalue weighted by molar-refractivity contribution is -0.128. The van der Waals surface area contributed by atoms with Gasteiger partial charge in [-0.25, -0.2) is 0 Å². The van der Waals surface area contributed by atoms with Crippen molar-refractivity contribution in [3.05, 3.63) is 64.2 Å². The molecule has 0 saturated heterocycles.